The summed E-state index contributed by atoms with van der Waals surface area (Å²) in [6, 6.07) is 7.15. The van der Waals surface area contributed by atoms with Gasteiger partial charge < -0.3 is 15.0 Å². The molecular weight excluding hydrogens is 422 g/mol. The van der Waals surface area contributed by atoms with E-state index in [1.54, 1.807) is 9.80 Å². The van der Waals surface area contributed by atoms with Crippen molar-refractivity contribution in [3.63, 3.8) is 0 Å². The van der Waals surface area contributed by atoms with E-state index in [1.165, 1.54) is 5.01 Å². The highest BCUT2D eigenvalue weighted by Gasteiger charge is 2.54. The molecule has 0 spiro atoms. The van der Waals surface area contributed by atoms with Crippen LogP contribution in [0.5, 0.6) is 0 Å². The molecule has 1 saturated carbocycles. The Morgan fingerprint density at radius 2 is 1.91 bits per heavy atom. The monoisotopic (exact) mass is 457 g/mol. The van der Waals surface area contributed by atoms with E-state index in [2.05, 4.69) is 10.7 Å². The fourth-order valence-corrected chi connectivity index (χ4v) is 4.99. The van der Waals surface area contributed by atoms with E-state index in [4.69, 9.17) is 4.74 Å². The summed E-state index contributed by atoms with van der Waals surface area (Å²) in [5.41, 5.74) is 4.93. The van der Waals surface area contributed by atoms with Crippen LogP contribution in [-0.2, 0) is 14.3 Å². The molecule has 0 radical (unpaired) electrons. The van der Waals surface area contributed by atoms with E-state index < -0.39 is 6.29 Å². The average Bonchev–Trinajstić information content (AvgIpc) is 3.10. The molecule has 1 aromatic carbocycles. The van der Waals surface area contributed by atoms with Gasteiger partial charge in [-0.2, -0.15) is 5.43 Å². The molecule has 1 aromatic rings. The predicted molar refractivity (Wildman–Crippen MR) is 124 cm³/mol. The molecule has 3 unspecified atom stereocenters. The number of benzene rings is 1. The molecule has 33 heavy (non-hydrogen) atoms. The molecule has 0 aromatic heterocycles. The van der Waals surface area contributed by atoms with Crippen LogP contribution in [0.15, 0.2) is 24.3 Å². The van der Waals surface area contributed by atoms with Gasteiger partial charge in [-0.25, -0.2) is 9.80 Å². The Morgan fingerprint density at radius 1 is 1.18 bits per heavy atom. The lowest BCUT2D eigenvalue weighted by Gasteiger charge is -2.48. The van der Waals surface area contributed by atoms with Crippen molar-refractivity contribution in [2.45, 2.75) is 71.3 Å². The molecule has 3 atom stereocenters. The summed E-state index contributed by atoms with van der Waals surface area (Å²) in [6.07, 6.45) is 3.88. The van der Waals surface area contributed by atoms with Crippen LogP contribution in [0.1, 0.15) is 51.5 Å². The van der Waals surface area contributed by atoms with Crippen molar-refractivity contribution in [1.29, 1.82) is 0 Å². The standard InChI is InChI=1S/C24H35N5O4/c1-16(2)33-14-6-13-27-22(31)19-7-4-5-8-20(19)29-23(27)26-28(24(29)32)15-21(30)25-18-11-9-17(3)10-12-18/h9-12,16,19-20,23,26H,4-8,13-15H2,1-3H3,(H,25,30). The van der Waals surface area contributed by atoms with E-state index in [9.17, 15) is 14.4 Å². The van der Waals surface area contributed by atoms with E-state index in [-0.39, 0.29) is 42.5 Å². The first-order chi connectivity index (χ1) is 15.8. The summed E-state index contributed by atoms with van der Waals surface area (Å²) in [5, 5.41) is 4.18. The fraction of sp³-hybridized carbons (Fsp3) is 0.625. The number of nitrogens with one attached hydrogen (secondary N) is 2. The number of hydrogen-bond donors (Lipinski definition) is 2. The summed E-state index contributed by atoms with van der Waals surface area (Å²) >= 11 is 0. The second kappa shape index (κ2) is 10.1. The van der Waals surface area contributed by atoms with Gasteiger partial charge in [-0.15, -0.1) is 0 Å². The molecule has 4 amide bonds. The van der Waals surface area contributed by atoms with Crippen LogP contribution in [0.2, 0.25) is 0 Å². The van der Waals surface area contributed by atoms with Gasteiger partial charge in [-0.3, -0.25) is 14.5 Å². The number of urea groups is 1. The van der Waals surface area contributed by atoms with Crippen LogP contribution in [-0.4, -0.2) is 70.8 Å². The third kappa shape index (κ3) is 5.14. The normalized spacial score (nSPS) is 24.8. The van der Waals surface area contributed by atoms with Crippen molar-refractivity contribution in [3.8, 4) is 0 Å². The van der Waals surface area contributed by atoms with Crippen molar-refractivity contribution >= 4 is 23.5 Å². The highest BCUT2D eigenvalue weighted by atomic mass is 16.5. The highest BCUT2D eigenvalue weighted by Crippen LogP contribution is 2.38. The van der Waals surface area contributed by atoms with Gasteiger partial charge in [-0.1, -0.05) is 30.5 Å². The number of ether oxygens (including phenoxy) is 1. The average molecular weight is 458 g/mol. The maximum Gasteiger partial charge on any atom is 0.337 e. The molecule has 3 aliphatic rings. The van der Waals surface area contributed by atoms with E-state index in [0.29, 0.717) is 25.3 Å². The van der Waals surface area contributed by atoms with Gasteiger partial charge in [-0.05, 0) is 52.2 Å². The van der Waals surface area contributed by atoms with Crippen LogP contribution >= 0.6 is 0 Å². The number of fused-ring (bicyclic) bond motifs is 3. The lowest BCUT2D eigenvalue weighted by atomic mass is 9.81. The summed E-state index contributed by atoms with van der Waals surface area (Å²) in [4.78, 5) is 42.9. The van der Waals surface area contributed by atoms with E-state index in [0.717, 1.165) is 31.2 Å². The van der Waals surface area contributed by atoms with Crippen molar-refractivity contribution < 1.29 is 19.1 Å². The quantitative estimate of drug-likeness (QED) is 0.586. The molecule has 9 nitrogen and oxygen atoms in total. The van der Waals surface area contributed by atoms with Gasteiger partial charge in [0.05, 0.1) is 12.0 Å². The Kier molecular flexibility index (Phi) is 7.19. The van der Waals surface area contributed by atoms with Gasteiger partial charge in [0.15, 0.2) is 6.29 Å². The SMILES string of the molecule is Cc1ccc(NC(=O)CN2NC3N(CCCOC(C)C)C(=O)C4CCCCC4N3C2=O)cc1. The lowest BCUT2D eigenvalue weighted by Crippen LogP contribution is -2.66. The minimum atomic E-state index is -0.560. The second-order valence-electron chi connectivity index (χ2n) is 9.46. The molecule has 180 valence electrons. The van der Waals surface area contributed by atoms with Gasteiger partial charge in [0, 0.05) is 24.9 Å². The summed E-state index contributed by atoms with van der Waals surface area (Å²) < 4.78 is 5.64. The third-order valence-electron chi connectivity index (χ3n) is 6.60. The Labute approximate surface area is 195 Å². The topological polar surface area (TPSA) is 94.2 Å². The van der Waals surface area contributed by atoms with Crippen LogP contribution < -0.4 is 10.7 Å². The first-order valence-corrected chi connectivity index (χ1v) is 12.0. The zero-order valence-electron chi connectivity index (χ0n) is 19.8. The number of carbonyl (C=O) groups is 3. The van der Waals surface area contributed by atoms with Crippen molar-refractivity contribution in [3.05, 3.63) is 29.8 Å². The van der Waals surface area contributed by atoms with Gasteiger partial charge in [0.1, 0.15) is 6.54 Å². The van der Waals surface area contributed by atoms with Crippen LogP contribution in [0.25, 0.3) is 0 Å². The van der Waals surface area contributed by atoms with Crippen LogP contribution in [0, 0.1) is 12.8 Å². The first-order valence-electron chi connectivity index (χ1n) is 12.0. The largest absolute Gasteiger partial charge is 0.379 e. The van der Waals surface area contributed by atoms with Gasteiger partial charge in [0.2, 0.25) is 11.8 Å². The number of amides is 4. The zero-order valence-corrected chi connectivity index (χ0v) is 19.8. The van der Waals surface area contributed by atoms with Crippen molar-refractivity contribution in [2.75, 3.05) is 25.0 Å². The minimum Gasteiger partial charge on any atom is -0.379 e. The van der Waals surface area contributed by atoms with Gasteiger partial charge >= 0.3 is 6.03 Å². The molecule has 0 bridgehead atoms. The zero-order chi connectivity index (χ0) is 23.5. The number of rotatable bonds is 8. The van der Waals surface area contributed by atoms with Crippen molar-refractivity contribution in [1.82, 2.24) is 20.2 Å². The molecule has 3 fully saturated rings. The number of aryl methyl sites for hydroxylation is 1. The Morgan fingerprint density at radius 3 is 2.64 bits per heavy atom. The predicted octanol–water partition coefficient (Wildman–Crippen LogP) is 2.68. The fourth-order valence-electron chi connectivity index (χ4n) is 4.99. The summed E-state index contributed by atoms with van der Waals surface area (Å²) in [7, 11) is 0. The maximum atomic E-state index is 13.3. The Bertz CT molecular complexity index is 874. The Balaban J connectivity index is 1.45. The molecule has 9 heteroatoms. The van der Waals surface area contributed by atoms with E-state index in [1.807, 2.05) is 45.0 Å². The van der Waals surface area contributed by atoms with Gasteiger partial charge in [0.25, 0.3) is 0 Å². The molecule has 1 aliphatic carbocycles. The van der Waals surface area contributed by atoms with Crippen LogP contribution in [0.3, 0.4) is 0 Å². The number of anilines is 1. The molecule has 2 heterocycles. The first kappa shape index (κ1) is 23.5. The molecule has 2 N–H and O–H groups in total. The number of hydrazine groups is 1. The molecular formula is C24H35N5O4. The van der Waals surface area contributed by atoms with Crippen LogP contribution in [0.4, 0.5) is 10.5 Å². The number of carbonyl (C=O) groups excluding carboxylic acids is 3. The minimum absolute atomic E-state index is 0.0942. The highest BCUT2D eigenvalue weighted by molar-refractivity contribution is 5.95. The van der Waals surface area contributed by atoms with Crippen molar-refractivity contribution in [2.24, 2.45) is 5.92 Å². The third-order valence-corrected chi connectivity index (χ3v) is 6.60. The second-order valence-corrected chi connectivity index (χ2v) is 9.46. The molecule has 2 aliphatic heterocycles. The summed E-state index contributed by atoms with van der Waals surface area (Å²) in [5.74, 6) is -0.368. The smallest absolute Gasteiger partial charge is 0.337 e. The van der Waals surface area contributed by atoms with E-state index >= 15 is 0 Å². The number of hydrogen-bond acceptors (Lipinski definition) is 5. The molecule has 4 rings (SSSR count). The molecule has 2 saturated heterocycles. The maximum absolute atomic E-state index is 13.3. The summed E-state index contributed by atoms with van der Waals surface area (Å²) in [6.45, 7) is 6.87. The number of nitrogens with zero attached hydrogens (tertiary/aromatic N) is 3. The Hall–Kier alpha value is -2.65. The lowest BCUT2D eigenvalue weighted by molar-refractivity contribution is -0.156.